The summed E-state index contributed by atoms with van der Waals surface area (Å²) in [5.41, 5.74) is 6.72. The van der Waals surface area contributed by atoms with Crippen LogP contribution in [0.2, 0.25) is 5.02 Å². The third kappa shape index (κ3) is 4.14. The number of hydrogen-bond donors (Lipinski definition) is 3. The van der Waals surface area contributed by atoms with Crippen molar-refractivity contribution in [1.82, 2.24) is 0 Å². The van der Waals surface area contributed by atoms with Crippen molar-refractivity contribution in [2.75, 3.05) is 10.6 Å². The van der Waals surface area contributed by atoms with Crippen molar-refractivity contribution < 1.29 is 9.18 Å². The molecule has 21 heavy (non-hydrogen) atoms. The number of nitrogens with one attached hydrogen (secondary N) is 2. The van der Waals surface area contributed by atoms with Gasteiger partial charge in [-0.3, -0.25) is 4.79 Å². The van der Waals surface area contributed by atoms with E-state index in [9.17, 15) is 9.18 Å². The molecule has 1 amide bonds. The third-order valence-corrected chi connectivity index (χ3v) is 3.12. The van der Waals surface area contributed by atoms with Gasteiger partial charge in [0.15, 0.2) is 5.11 Å². The van der Waals surface area contributed by atoms with Crippen molar-refractivity contribution in [3.8, 4) is 0 Å². The first-order valence-corrected chi connectivity index (χ1v) is 6.67. The van der Waals surface area contributed by atoms with E-state index in [2.05, 4.69) is 10.6 Å². The summed E-state index contributed by atoms with van der Waals surface area (Å²) in [7, 11) is 0. The predicted molar refractivity (Wildman–Crippen MR) is 86.2 cm³/mol. The van der Waals surface area contributed by atoms with Crippen LogP contribution < -0.4 is 16.4 Å². The zero-order chi connectivity index (χ0) is 15.4. The molecule has 0 aliphatic heterocycles. The molecular weight excluding hydrogens is 313 g/mol. The number of benzene rings is 2. The molecular formula is C14H11ClFN3OS. The van der Waals surface area contributed by atoms with Crippen LogP contribution in [0.15, 0.2) is 42.5 Å². The molecule has 0 saturated heterocycles. The van der Waals surface area contributed by atoms with Gasteiger partial charge in [-0.05, 0) is 54.7 Å². The SMILES string of the molecule is NC(=O)c1ccc(NC(=S)Nc2ccc(F)cc2Cl)cc1. The first-order valence-electron chi connectivity index (χ1n) is 5.88. The number of halogens is 2. The van der Waals surface area contributed by atoms with E-state index in [4.69, 9.17) is 29.6 Å². The maximum absolute atomic E-state index is 12.9. The van der Waals surface area contributed by atoms with Crippen molar-refractivity contribution in [2.45, 2.75) is 0 Å². The fourth-order valence-electron chi connectivity index (χ4n) is 1.59. The molecule has 0 bridgehead atoms. The fourth-order valence-corrected chi connectivity index (χ4v) is 2.04. The molecule has 4 N–H and O–H groups in total. The largest absolute Gasteiger partial charge is 0.366 e. The minimum atomic E-state index is -0.500. The summed E-state index contributed by atoms with van der Waals surface area (Å²) in [5, 5.41) is 6.28. The molecule has 2 aromatic carbocycles. The Labute approximate surface area is 131 Å². The third-order valence-electron chi connectivity index (χ3n) is 2.61. The number of anilines is 2. The number of hydrogen-bond acceptors (Lipinski definition) is 2. The van der Waals surface area contributed by atoms with Gasteiger partial charge in [-0.1, -0.05) is 11.6 Å². The van der Waals surface area contributed by atoms with Gasteiger partial charge >= 0.3 is 0 Å². The maximum atomic E-state index is 12.9. The van der Waals surface area contributed by atoms with Gasteiger partial charge in [0.25, 0.3) is 0 Å². The summed E-state index contributed by atoms with van der Waals surface area (Å²) in [6.45, 7) is 0. The molecule has 0 fully saturated rings. The normalized spacial score (nSPS) is 10.0. The van der Waals surface area contributed by atoms with Gasteiger partial charge in [-0.25, -0.2) is 4.39 Å². The topological polar surface area (TPSA) is 67.2 Å². The lowest BCUT2D eigenvalue weighted by atomic mass is 10.2. The lowest BCUT2D eigenvalue weighted by Crippen LogP contribution is -2.19. The smallest absolute Gasteiger partial charge is 0.248 e. The molecule has 0 aliphatic carbocycles. The number of rotatable bonds is 3. The zero-order valence-electron chi connectivity index (χ0n) is 10.7. The van der Waals surface area contributed by atoms with Gasteiger partial charge in [0.2, 0.25) is 5.91 Å². The van der Waals surface area contributed by atoms with Crippen molar-refractivity contribution in [3.63, 3.8) is 0 Å². The molecule has 0 spiro atoms. The van der Waals surface area contributed by atoms with E-state index >= 15 is 0 Å². The molecule has 2 aromatic rings. The highest BCUT2D eigenvalue weighted by atomic mass is 35.5. The Morgan fingerprint density at radius 1 is 1.14 bits per heavy atom. The molecule has 0 atom stereocenters. The lowest BCUT2D eigenvalue weighted by molar-refractivity contribution is 0.100. The summed E-state index contributed by atoms with van der Waals surface area (Å²) in [6.07, 6.45) is 0. The van der Waals surface area contributed by atoms with Crippen LogP contribution in [0.4, 0.5) is 15.8 Å². The number of primary amides is 1. The average molecular weight is 324 g/mol. The Hall–Kier alpha value is -2.18. The van der Waals surface area contributed by atoms with Gasteiger partial charge in [0.05, 0.1) is 10.7 Å². The molecule has 0 heterocycles. The van der Waals surface area contributed by atoms with Crippen LogP contribution in [0.5, 0.6) is 0 Å². The van der Waals surface area contributed by atoms with Crippen LogP contribution in [0.3, 0.4) is 0 Å². The molecule has 0 aliphatic rings. The fraction of sp³-hybridized carbons (Fsp3) is 0. The Morgan fingerprint density at radius 3 is 2.38 bits per heavy atom. The van der Waals surface area contributed by atoms with E-state index in [-0.39, 0.29) is 10.1 Å². The van der Waals surface area contributed by atoms with Crippen molar-refractivity contribution in [2.24, 2.45) is 5.73 Å². The molecule has 0 aromatic heterocycles. The first kappa shape index (κ1) is 15.2. The standard InChI is InChI=1S/C14H11ClFN3OS/c15-11-7-9(16)3-6-12(11)19-14(21)18-10-4-1-8(2-5-10)13(17)20/h1-7H,(H2,17,20)(H2,18,19,21). The van der Waals surface area contributed by atoms with Crippen molar-refractivity contribution in [3.05, 3.63) is 58.9 Å². The molecule has 0 radical (unpaired) electrons. The summed E-state index contributed by atoms with van der Waals surface area (Å²) in [5.74, 6) is -0.924. The molecule has 108 valence electrons. The summed E-state index contributed by atoms with van der Waals surface area (Å²) < 4.78 is 12.9. The van der Waals surface area contributed by atoms with E-state index in [1.807, 2.05) is 0 Å². The van der Waals surface area contributed by atoms with Crippen molar-refractivity contribution >= 4 is 46.2 Å². The van der Waals surface area contributed by atoms with Crippen LogP contribution >= 0.6 is 23.8 Å². The van der Waals surface area contributed by atoms with Crippen LogP contribution in [-0.2, 0) is 0 Å². The van der Waals surface area contributed by atoms with E-state index in [1.165, 1.54) is 18.2 Å². The van der Waals surface area contributed by atoms with Gasteiger partial charge in [-0.15, -0.1) is 0 Å². The Balaban J connectivity index is 2.02. The van der Waals surface area contributed by atoms with E-state index in [1.54, 1.807) is 24.3 Å². The number of nitrogens with two attached hydrogens (primary N) is 1. The average Bonchev–Trinajstić information content (AvgIpc) is 2.42. The van der Waals surface area contributed by atoms with Crippen LogP contribution in [0, 0.1) is 5.82 Å². The zero-order valence-corrected chi connectivity index (χ0v) is 12.3. The minimum absolute atomic E-state index is 0.225. The van der Waals surface area contributed by atoms with Gasteiger partial charge in [0, 0.05) is 11.3 Å². The van der Waals surface area contributed by atoms with Gasteiger partial charge < -0.3 is 16.4 Å². The Kier molecular flexibility index (Phi) is 4.72. The van der Waals surface area contributed by atoms with E-state index < -0.39 is 11.7 Å². The molecule has 4 nitrogen and oxygen atoms in total. The Morgan fingerprint density at radius 2 is 1.81 bits per heavy atom. The second-order valence-corrected chi connectivity index (χ2v) is 4.96. The minimum Gasteiger partial charge on any atom is -0.366 e. The Bertz CT molecular complexity index is 691. The predicted octanol–water partition coefficient (Wildman–Crippen LogP) is 3.39. The summed E-state index contributed by atoms with van der Waals surface area (Å²) >= 11 is 11.0. The first-order chi connectivity index (χ1) is 9.95. The van der Waals surface area contributed by atoms with Crippen molar-refractivity contribution in [1.29, 1.82) is 0 Å². The van der Waals surface area contributed by atoms with E-state index in [0.29, 0.717) is 16.9 Å². The number of thiocarbonyl (C=S) groups is 1. The quantitative estimate of drug-likeness (QED) is 0.757. The number of carbonyl (C=O) groups is 1. The lowest BCUT2D eigenvalue weighted by Gasteiger charge is -2.12. The number of carbonyl (C=O) groups excluding carboxylic acids is 1. The highest BCUT2D eigenvalue weighted by Gasteiger charge is 2.05. The van der Waals surface area contributed by atoms with Crippen LogP contribution in [0.1, 0.15) is 10.4 Å². The second-order valence-electron chi connectivity index (χ2n) is 4.14. The van der Waals surface area contributed by atoms with Gasteiger partial charge in [0.1, 0.15) is 5.82 Å². The molecule has 2 rings (SSSR count). The monoisotopic (exact) mass is 323 g/mol. The highest BCUT2D eigenvalue weighted by Crippen LogP contribution is 2.22. The summed E-state index contributed by atoms with van der Waals surface area (Å²) in [4.78, 5) is 11.0. The number of amides is 1. The summed E-state index contributed by atoms with van der Waals surface area (Å²) in [6, 6.07) is 10.4. The maximum Gasteiger partial charge on any atom is 0.248 e. The molecule has 0 unspecified atom stereocenters. The van der Waals surface area contributed by atoms with Crippen LogP contribution in [0.25, 0.3) is 0 Å². The molecule has 7 heteroatoms. The molecule has 0 saturated carbocycles. The van der Waals surface area contributed by atoms with E-state index in [0.717, 1.165) is 0 Å². The second kappa shape index (κ2) is 6.51. The van der Waals surface area contributed by atoms with Gasteiger partial charge in [-0.2, -0.15) is 0 Å². The van der Waals surface area contributed by atoms with Crippen LogP contribution in [-0.4, -0.2) is 11.0 Å². The highest BCUT2D eigenvalue weighted by molar-refractivity contribution is 7.80.